The summed E-state index contributed by atoms with van der Waals surface area (Å²) in [5, 5.41) is 27.9. The lowest BCUT2D eigenvalue weighted by Gasteiger charge is -2.35. The molecule has 0 heterocycles. The Labute approximate surface area is 325 Å². The number of amides is 2. The van der Waals surface area contributed by atoms with Gasteiger partial charge < -0.3 is 35.1 Å². The Bertz CT molecular complexity index is 2270. The number of fused-ring (bicyclic) bond motifs is 1. The molecule has 4 aromatic rings. The second-order valence-electron chi connectivity index (χ2n) is 14.4. The second kappa shape index (κ2) is 16.3. The minimum absolute atomic E-state index is 0.103. The highest BCUT2D eigenvalue weighted by Crippen LogP contribution is 2.40. The molecule has 2 saturated carbocycles. The van der Waals surface area contributed by atoms with E-state index >= 15 is 4.39 Å². The number of carbonyl (C=O) groups excluding carboxylic acids is 3. The van der Waals surface area contributed by atoms with E-state index in [9.17, 15) is 46.2 Å². The van der Waals surface area contributed by atoms with E-state index in [1.54, 1.807) is 0 Å². The highest BCUT2D eigenvalue weighted by atomic mass is 32.2. The smallest absolute Gasteiger partial charge is 0.496 e. The van der Waals surface area contributed by atoms with Gasteiger partial charge in [-0.05, 0) is 79.6 Å². The van der Waals surface area contributed by atoms with Crippen molar-refractivity contribution < 1.29 is 64.8 Å². The molecule has 0 unspecified atom stereocenters. The van der Waals surface area contributed by atoms with Crippen molar-refractivity contribution in [2.75, 3.05) is 12.4 Å². The van der Waals surface area contributed by atoms with Gasteiger partial charge in [0.15, 0.2) is 11.6 Å². The first-order valence-corrected chi connectivity index (χ1v) is 19.5. The number of rotatable bonds is 11. The van der Waals surface area contributed by atoms with Crippen LogP contribution in [0.1, 0.15) is 54.9 Å². The number of esters is 1. The molecule has 17 heteroatoms. The van der Waals surface area contributed by atoms with Gasteiger partial charge in [-0.1, -0.05) is 48.5 Å². The van der Waals surface area contributed by atoms with Crippen molar-refractivity contribution in [2.45, 2.75) is 80.4 Å². The number of ether oxygens (including phenoxy) is 3. The molecule has 0 bridgehead atoms. The summed E-state index contributed by atoms with van der Waals surface area (Å²) in [7, 11) is -4.55. The molecule has 0 saturated heterocycles. The van der Waals surface area contributed by atoms with Crippen LogP contribution < -0.4 is 20.1 Å². The van der Waals surface area contributed by atoms with Gasteiger partial charge in [0, 0.05) is 11.8 Å². The lowest BCUT2D eigenvalue weighted by Crippen LogP contribution is -2.48. The molecule has 12 nitrogen and oxygen atoms in total. The van der Waals surface area contributed by atoms with Gasteiger partial charge >= 0.3 is 11.5 Å². The third-order valence-electron chi connectivity index (χ3n) is 10.6. The lowest BCUT2D eigenvalue weighted by molar-refractivity contribution is -0.159. The van der Waals surface area contributed by atoms with Crippen LogP contribution in [0, 0.1) is 17.2 Å². The standard InChI is InChI=1S/C40H40F4N2O10S/c1-39(38(51)55-21-23-9-5-8-22-7-3-4-12-27(22)23)15-13-25(14-16-39)56-33-19-28(32(54-2)20-30(33)41)36(49)46-34-29(18-31(47)35(34)48)37(50)45-24-10-6-11-26(17-24)57(52,53)40(42,43)44/h3-12,17,19-20,25,29,31,34-35,47-48H,13-16,18,21H2,1-2H3,(H,45,50)(H,46,49)/t25?,29-,31-,34-,35-,39?/m0/s1. The zero-order valence-electron chi connectivity index (χ0n) is 30.7. The Balaban J connectivity index is 1.10. The number of benzene rings is 4. The molecular weight excluding hydrogens is 777 g/mol. The van der Waals surface area contributed by atoms with Gasteiger partial charge in [-0.3, -0.25) is 14.4 Å². The van der Waals surface area contributed by atoms with Crippen molar-refractivity contribution in [1.82, 2.24) is 5.32 Å². The first-order valence-electron chi connectivity index (χ1n) is 18.0. The lowest BCUT2D eigenvalue weighted by atomic mass is 9.74. The first-order chi connectivity index (χ1) is 26.9. The SMILES string of the molecule is COc1cc(F)c(OC2CCC(C)(C(=O)OCc3cccc4ccccc34)CC2)cc1C(=O)N[C@@H]1[C@@H](O)[C@@H](O)C[C@@H]1C(=O)Nc1cccc(S(=O)(=O)C(F)(F)F)c1. The number of halogens is 4. The Morgan fingerprint density at radius 3 is 2.32 bits per heavy atom. The molecule has 0 aliphatic heterocycles. The van der Waals surface area contributed by atoms with Gasteiger partial charge in [0.1, 0.15) is 18.5 Å². The summed E-state index contributed by atoms with van der Waals surface area (Å²) in [6.07, 6.45) is -2.63. The third kappa shape index (κ3) is 8.70. The highest BCUT2D eigenvalue weighted by Gasteiger charge is 2.48. The summed E-state index contributed by atoms with van der Waals surface area (Å²) in [6, 6.07) is 17.6. The summed E-state index contributed by atoms with van der Waals surface area (Å²) in [6.45, 7) is 1.91. The van der Waals surface area contributed by atoms with Gasteiger partial charge in [0.05, 0.1) is 47.2 Å². The molecule has 2 aliphatic rings. The molecule has 6 rings (SSSR count). The van der Waals surface area contributed by atoms with E-state index in [2.05, 4.69) is 10.6 Å². The number of alkyl halides is 3. The van der Waals surface area contributed by atoms with E-state index in [-0.39, 0.29) is 41.7 Å². The van der Waals surface area contributed by atoms with Crippen molar-refractivity contribution in [3.05, 3.63) is 95.8 Å². The van der Waals surface area contributed by atoms with Crippen LogP contribution in [0.25, 0.3) is 10.8 Å². The number of carbonyl (C=O) groups is 3. The molecule has 0 radical (unpaired) electrons. The van der Waals surface area contributed by atoms with Crippen LogP contribution in [-0.4, -0.2) is 73.4 Å². The molecule has 4 atom stereocenters. The fourth-order valence-corrected chi connectivity index (χ4v) is 8.06. The van der Waals surface area contributed by atoms with Gasteiger partial charge in [-0.25, -0.2) is 12.8 Å². The minimum atomic E-state index is -5.73. The number of nitrogens with one attached hydrogen (secondary N) is 2. The molecule has 57 heavy (non-hydrogen) atoms. The van der Waals surface area contributed by atoms with Gasteiger partial charge in [0.25, 0.3) is 15.7 Å². The predicted octanol–water partition coefficient (Wildman–Crippen LogP) is 5.83. The molecule has 0 spiro atoms. The predicted molar refractivity (Wildman–Crippen MR) is 197 cm³/mol. The van der Waals surface area contributed by atoms with Gasteiger partial charge in [-0.15, -0.1) is 0 Å². The van der Waals surface area contributed by atoms with E-state index in [0.717, 1.165) is 40.6 Å². The van der Waals surface area contributed by atoms with Crippen molar-refractivity contribution in [2.24, 2.45) is 11.3 Å². The molecule has 304 valence electrons. The van der Waals surface area contributed by atoms with Crippen LogP contribution in [-0.2, 0) is 30.8 Å². The van der Waals surface area contributed by atoms with Crippen LogP contribution in [0.3, 0.4) is 0 Å². The summed E-state index contributed by atoms with van der Waals surface area (Å²) in [4.78, 5) is 39.1. The quantitative estimate of drug-likeness (QED) is 0.106. The van der Waals surface area contributed by atoms with E-state index in [1.807, 2.05) is 49.4 Å². The minimum Gasteiger partial charge on any atom is -0.496 e. The maximum absolute atomic E-state index is 15.3. The van der Waals surface area contributed by atoms with Crippen molar-refractivity contribution in [1.29, 1.82) is 0 Å². The van der Waals surface area contributed by atoms with Crippen molar-refractivity contribution >= 4 is 44.1 Å². The number of hydrogen-bond donors (Lipinski definition) is 4. The summed E-state index contributed by atoms with van der Waals surface area (Å²) >= 11 is 0. The maximum atomic E-state index is 15.3. The average molecular weight is 817 g/mol. The Morgan fingerprint density at radius 1 is 0.930 bits per heavy atom. The van der Waals surface area contributed by atoms with E-state index < -0.39 is 73.6 Å². The van der Waals surface area contributed by atoms with Crippen LogP contribution in [0.4, 0.5) is 23.2 Å². The second-order valence-corrected chi connectivity index (χ2v) is 16.4. The fourth-order valence-electron chi connectivity index (χ4n) is 7.26. The van der Waals surface area contributed by atoms with Gasteiger partial charge in [0.2, 0.25) is 5.91 Å². The number of sulfone groups is 1. The normalized spacial score (nSPS) is 23.8. The number of aliphatic hydroxyl groups excluding tert-OH is 2. The average Bonchev–Trinajstić information content (AvgIpc) is 3.46. The van der Waals surface area contributed by atoms with E-state index in [0.29, 0.717) is 37.8 Å². The highest BCUT2D eigenvalue weighted by molar-refractivity contribution is 7.92. The summed E-state index contributed by atoms with van der Waals surface area (Å²) in [5.41, 5.74) is -6.10. The zero-order chi connectivity index (χ0) is 41.3. The Hall–Kier alpha value is -5.26. The van der Waals surface area contributed by atoms with E-state index in [4.69, 9.17) is 14.2 Å². The Kier molecular flexibility index (Phi) is 11.8. The van der Waals surface area contributed by atoms with Crippen LogP contribution in [0.5, 0.6) is 11.5 Å². The molecule has 2 amide bonds. The van der Waals surface area contributed by atoms with Crippen LogP contribution in [0.2, 0.25) is 0 Å². The summed E-state index contributed by atoms with van der Waals surface area (Å²) in [5.74, 6) is -4.99. The van der Waals surface area contributed by atoms with Crippen LogP contribution in [0.15, 0.2) is 83.8 Å². The molecular formula is C40H40F4N2O10S. The molecule has 2 fully saturated rings. The van der Waals surface area contributed by atoms with Gasteiger partial charge in [-0.2, -0.15) is 13.2 Å². The number of anilines is 1. The maximum Gasteiger partial charge on any atom is 0.501 e. The Morgan fingerprint density at radius 2 is 1.61 bits per heavy atom. The largest absolute Gasteiger partial charge is 0.501 e. The number of hydrogen-bond acceptors (Lipinski definition) is 10. The van der Waals surface area contributed by atoms with E-state index in [1.165, 1.54) is 7.11 Å². The zero-order valence-corrected chi connectivity index (χ0v) is 31.5. The van der Waals surface area contributed by atoms with Crippen molar-refractivity contribution in [3.63, 3.8) is 0 Å². The molecule has 0 aromatic heterocycles. The fraction of sp³-hybridized carbons (Fsp3) is 0.375. The topological polar surface area (TPSA) is 178 Å². The first kappa shape index (κ1) is 41.4. The molecule has 2 aliphatic carbocycles. The molecule has 4 aromatic carbocycles. The third-order valence-corrected chi connectivity index (χ3v) is 12.1. The molecule has 4 N–H and O–H groups in total. The number of aliphatic hydroxyl groups is 2. The van der Waals surface area contributed by atoms with Crippen molar-refractivity contribution in [3.8, 4) is 11.5 Å². The number of methoxy groups -OCH3 is 1. The van der Waals surface area contributed by atoms with Crippen LogP contribution >= 0.6 is 0 Å². The monoisotopic (exact) mass is 816 g/mol. The summed E-state index contributed by atoms with van der Waals surface area (Å²) < 4.78 is 95.4.